The third-order valence-corrected chi connectivity index (χ3v) is 3.77. The fraction of sp³-hybridized carbons (Fsp3) is 0.389. The summed E-state index contributed by atoms with van der Waals surface area (Å²) in [5, 5.41) is 39.3. The Hall–Kier alpha value is -2.31. The highest BCUT2D eigenvalue weighted by Gasteiger charge is 2.20. The van der Waals surface area contributed by atoms with Gasteiger partial charge in [-0.15, -0.1) is 0 Å². The monoisotopic (exact) mass is 334 g/mol. The van der Waals surface area contributed by atoms with Crippen molar-refractivity contribution >= 4 is 12.0 Å². The van der Waals surface area contributed by atoms with Gasteiger partial charge in [0.1, 0.15) is 23.2 Å². The Labute approximate surface area is 140 Å². The maximum atomic E-state index is 12.3. The molecule has 4 N–H and O–H groups in total. The smallest absolute Gasteiger partial charge is 0.342 e. The quantitative estimate of drug-likeness (QED) is 0.428. The van der Waals surface area contributed by atoms with Crippen molar-refractivity contribution in [3.63, 3.8) is 0 Å². The number of carbonyl (C=O) groups is 1. The van der Waals surface area contributed by atoms with Gasteiger partial charge in [-0.25, -0.2) is 4.79 Å². The van der Waals surface area contributed by atoms with Crippen LogP contribution in [-0.4, -0.2) is 44.7 Å². The van der Waals surface area contributed by atoms with Gasteiger partial charge in [-0.1, -0.05) is 24.3 Å². The summed E-state index contributed by atoms with van der Waals surface area (Å²) in [4.78, 5) is 12.3. The van der Waals surface area contributed by atoms with Gasteiger partial charge in [0.15, 0.2) is 0 Å². The number of hydrogen-bond donors (Lipinski definition) is 4. The number of benzene rings is 1. The second-order valence-corrected chi connectivity index (χ2v) is 5.85. The average molecular weight is 334 g/mol. The largest absolute Gasteiger partial charge is 0.508 e. The van der Waals surface area contributed by atoms with Crippen LogP contribution in [0, 0.1) is 0 Å². The number of rotatable bonds is 0. The Balaban J connectivity index is 2.36. The van der Waals surface area contributed by atoms with E-state index < -0.39 is 24.3 Å². The number of fused-ring (bicyclic) bond motifs is 1. The zero-order valence-corrected chi connectivity index (χ0v) is 13.4. The van der Waals surface area contributed by atoms with Gasteiger partial charge in [-0.3, -0.25) is 0 Å². The Kier molecular flexibility index (Phi) is 6.00. The summed E-state index contributed by atoms with van der Waals surface area (Å²) in [6.45, 7) is 1.68. The van der Waals surface area contributed by atoms with E-state index in [1.807, 2.05) is 0 Å². The van der Waals surface area contributed by atoms with E-state index >= 15 is 0 Å². The van der Waals surface area contributed by atoms with Crippen LogP contribution >= 0.6 is 0 Å². The third-order valence-electron chi connectivity index (χ3n) is 3.77. The molecule has 0 saturated heterocycles. The molecule has 0 spiro atoms. The van der Waals surface area contributed by atoms with Crippen molar-refractivity contribution < 1.29 is 30.0 Å². The summed E-state index contributed by atoms with van der Waals surface area (Å²) in [6, 6.07) is 2.44. The van der Waals surface area contributed by atoms with E-state index in [0.29, 0.717) is 24.8 Å². The number of hydrogen-bond acceptors (Lipinski definition) is 6. The zero-order valence-electron chi connectivity index (χ0n) is 13.4. The minimum Gasteiger partial charge on any atom is -0.508 e. The predicted molar refractivity (Wildman–Crippen MR) is 88.7 cm³/mol. The van der Waals surface area contributed by atoms with E-state index in [9.17, 15) is 25.2 Å². The fourth-order valence-electron chi connectivity index (χ4n) is 2.46. The first-order valence-electron chi connectivity index (χ1n) is 7.84. The zero-order chi connectivity index (χ0) is 17.7. The minimum atomic E-state index is -0.982. The number of aliphatic hydroxyl groups excluding tert-OH is 2. The minimum absolute atomic E-state index is 0.0162. The van der Waals surface area contributed by atoms with E-state index in [1.165, 1.54) is 12.1 Å². The first-order chi connectivity index (χ1) is 11.4. The molecule has 6 heteroatoms. The molecule has 2 rings (SSSR count). The molecule has 6 nitrogen and oxygen atoms in total. The number of cyclic esters (lactones) is 1. The van der Waals surface area contributed by atoms with Crippen LogP contribution in [0.4, 0.5) is 0 Å². The second-order valence-electron chi connectivity index (χ2n) is 5.85. The van der Waals surface area contributed by atoms with Crippen molar-refractivity contribution in [2.24, 2.45) is 0 Å². The van der Waals surface area contributed by atoms with Gasteiger partial charge in [0.25, 0.3) is 0 Å². The lowest BCUT2D eigenvalue weighted by Crippen LogP contribution is -2.23. The molecule has 130 valence electrons. The number of esters is 1. The lowest BCUT2D eigenvalue weighted by atomic mass is 10.0. The molecule has 0 bridgehead atoms. The Morgan fingerprint density at radius 1 is 1.17 bits per heavy atom. The van der Waals surface area contributed by atoms with E-state index in [-0.39, 0.29) is 17.1 Å². The molecular weight excluding hydrogens is 312 g/mol. The molecule has 0 unspecified atom stereocenters. The maximum Gasteiger partial charge on any atom is 0.342 e. The summed E-state index contributed by atoms with van der Waals surface area (Å²) in [5.74, 6) is -1.22. The van der Waals surface area contributed by atoms with Crippen molar-refractivity contribution in [1.82, 2.24) is 0 Å². The van der Waals surface area contributed by atoms with Gasteiger partial charge in [-0.05, 0) is 31.4 Å². The first kappa shape index (κ1) is 18.0. The highest BCUT2D eigenvalue weighted by atomic mass is 16.5. The molecule has 1 aromatic rings. The summed E-state index contributed by atoms with van der Waals surface area (Å²) in [6.07, 6.45) is 5.18. The van der Waals surface area contributed by atoms with Crippen LogP contribution in [0.2, 0.25) is 0 Å². The number of phenols is 2. The number of phenolic OH excluding ortho intramolecular Hbond substituents is 2. The highest BCUT2D eigenvalue weighted by Crippen LogP contribution is 2.29. The molecule has 1 aliphatic rings. The predicted octanol–water partition coefficient (Wildman–Crippen LogP) is 2.12. The molecule has 0 aliphatic carbocycles. The van der Waals surface area contributed by atoms with Gasteiger partial charge in [0.2, 0.25) is 0 Å². The average Bonchev–Trinajstić information content (AvgIpc) is 2.49. The van der Waals surface area contributed by atoms with Crippen molar-refractivity contribution in [3.8, 4) is 11.5 Å². The Morgan fingerprint density at radius 3 is 2.67 bits per heavy atom. The molecule has 0 fully saturated rings. The SMILES string of the molecule is C[C@@H]1C/C=C/[C@H](O)[C@H](O)CC/C=C/c2cc(O)cc(O)c2C(=O)O1. The molecule has 1 aromatic carbocycles. The van der Waals surface area contributed by atoms with Crippen LogP contribution < -0.4 is 0 Å². The number of allylic oxidation sites excluding steroid dienone is 1. The molecule has 3 atom stereocenters. The summed E-state index contributed by atoms with van der Waals surface area (Å²) >= 11 is 0. The van der Waals surface area contributed by atoms with Crippen LogP contribution in [0.5, 0.6) is 11.5 Å². The van der Waals surface area contributed by atoms with Crippen molar-refractivity contribution in [1.29, 1.82) is 0 Å². The standard InChI is InChI=1S/C18H22O6/c1-11-5-4-8-15(21)14(20)7-3-2-6-12-9-13(19)10-16(22)17(12)18(23)24-11/h2,4,6,8-11,14-15,19-22H,3,5,7H2,1H3/b6-2+,8-4+/t11-,14-,15+/m1/s1. The summed E-state index contributed by atoms with van der Waals surface area (Å²) < 4.78 is 5.29. The molecular formula is C18H22O6. The van der Waals surface area contributed by atoms with E-state index in [1.54, 1.807) is 25.2 Å². The van der Waals surface area contributed by atoms with Gasteiger partial charge >= 0.3 is 5.97 Å². The van der Waals surface area contributed by atoms with Crippen LogP contribution in [-0.2, 0) is 4.74 Å². The number of aliphatic hydroxyl groups is 2. The van der Waals surface area contributed by atoms with Gasteiger partial charge < -0.3 is 25.2 Å². The Morgan fingerprint density at radius 2 is 1.92 bits per heavy atom. The lowest BCUT2D eigenvalue weighted by Gasteiger charge is -2.16. The molecule has 0 radical (unpaired) electrons. The van der Waals surface area contributed by atoms with E-state index in [4.69, 9.17) is 4.74 Å². The van der Waals surface area contributed by atoms with Crippen LogP contribution in [0.25, 0.3) is 6.08 Å². The van der Waals surface area contributed by atoms with Gasteiger partial charge in [0.05, 0.1) is 12.2 Å². The highest BCUT2D eigenvalue weighted by molar-refractivity contribution is 5.97. The molecule has 1 heterocycles. The topological polar surface area (TPSA) is 107 Å². The number of aromatic hydroxyl groups is 2. The molecule has 1 aliphatic heterocycles. The Bertz CT molecular complexity index is 649. The normalized spacial score (nSPS) is 28.3. The first-order valence-corrected chi connectivity index (χ1v) is 7.84. The summed E-state index contributed by atoms with van der Waals surface area (Å²) in [7, 11) is 0. The van der Waals surface area contributed by atoms with E-state index in [2.05, 4.69) is 0 Å². The van der Waals surface area contributed by atoms with Crippen molar-refractivity contribution in [2.75, 3.05) is 0 Å². The van der Waals surface area contributed by atoms with Crippen molar-refractivity contribution in [2.45, 2.75) is 44.5 Å². The summed E-state index contributed by atoms with van der Waals surface area (Å²) in [5.41, 5.74) is 0.310. The molecule has 24 heavy (non-hydrogen) atoms. The van der Waals surface area contributed by atoms with Crippen LogP contribution in [0.3, 0.4) is 0 Å². The van der Waals surface area contributed by atoms with Crippen molar-refractivity contribution in [3.05, 3.63) is 41.5 Å². The molecule has 0 saturated carbocycles. The van der Waals surface area contributed by atoms with Gasteiger partial charge in [0, 0.05) is 12.5 Å². The van der Waals surface area contributed by atoms with E-state index in [0.717, 1.165) is 6.07 Å². The van der Waals surface area contributed by atoms with Crippen LogP contribution in [0.15, 0.2) is 30.4 Å². The third kappa shape index (κ3) is 4.59. The van der Waals surface area contributed by atoms with Crippen LogP contribution in [0.1, 0.15) is 42.1 Å². The number of carbonyl (C=O) groups excluding carboxylic acids is 1. The lowest BCUT2D eigenvalue weighted by molar-refractivity contribution is 0.0337. The number of ether oxygens (including phenoxy) is 1. The molecule has 0 aromatic heterocycles. The molecule has 0 amide bonds. The van der Waals surface area contributed by atoms with Gasteiger partial charge in [-0.2, -0.15) is 0 Å². The fourth-order valence-corrected chi connectivity index (χ4v) is 2.46. The maximum absolute atomic E-state index is 12.3. The second kappa shape index (κ2) is 7.99.